The summed E-state index contributed by atoms with van der Waals surface area (Å²) in [5.41, 5.74) is 9.26. The third-order valence-corrected chi connectivity index (χ3v) is 3.59. The van der Waals surface area contributed by atoms with Crippen LogP contribution in [0.15, 0.2) is 42.5 Å². The van der Waals surface area contributed by atoms with E-state index in [2.05, 4.69) is 26.0 Å². The van der Waals surface area contributed by atoms with E-state index >= 15 is 0 Å². The molecule has 1 unspecified atom stereocenters. The summed E-state index contributed by atoms with van der Waals surface area (Å²) < 4.78 is 18.7. The molecule has 0 saturated heterocycles. The quantitative estimate of drug-likeness (QED) is 0.888. The number of benzene rings is 2. The van der Waals surface area contributed by atoms with Crippen LogP contribution in [0.3, 0.4) is 0 Å². The highest BCUT2D eigenvalue weighted by atomic mass is 19.1. The number of ether oxygens (including phenoxy) is 1. The van der Waals surface area contributed by atoms with Crippen LogP contribution in [0, 0.1) is 12.7 Å². The van der Waals surface area contributed by atoms with Gasteiger partial charge in [-0.15, -0.1) is 0 Å². The minimum Gasteiger partial charge on any atom is -0.491 e. The second kappa shape index (κ2) is 6.72. The number of rotatable bonds is 5. The molecule has 3 heteroatoms. The van der Waals surface area contributed by atoms with Crippen LogP contribution in [-0.4, -0.2) is 6.61 Å². The van der Waals surface area contributed by atoms with Gasteiger partial charge in [0.15, 0.2) is 0 Å². The van der Waals surface area contributed by atoms with E-state index in [0.29, 0.717) is 18.3 Å². The van der Waals surface area contributed by atoms with Crippen LogP contribution in [0.2, 0.25) is 0 Å². The summed E-state index contributed by atoms with van der Waals surface area (Å²) in [6, 6.07) is 12.6. The third kappa shape index (κ3) is 4.05. The molecule has 112 valence electrons. The van der Waals surface area contributed by atoms with E-state index in [9.17, 15) is 4.39 Å². The van der Waals surface area contributed by atoms with Gasteiger partial charge in [0, 0.05) is 0 Å². The molecule has 0 spiro atoms. The first kappa shape index (κ1) is 15.5. The SMILES string of the molecule is Cc1cc(F)ccc1OCC(N)c1ccc(C(C)C)cc1. The van der Waals surface area contributed by atoms with Crippen LogP contribution >= 0.6 is 0 Å². The Morgan fingerprint density at radius 2 is 1.67 bits per heavy atom. The highest BCUT2D eigenvalue weighted by molar-refractivity contribution is 5.33. The second-order valence-corrected chi connectivity index (χ2v) is 5.65. The highest BCUT2D eigenvalue weighted by Gasteiger charge is 2.09. The van der Waals surface area contributed by atoms with E-state index in [0.717, 1.165) is 11.1 Å². The Hall–Kier alpha value is -1.87. The fourth-order valence-electron chi connectivity index (χ4n) is 2.18. The fraction of sp³-hybridized carbons (Fsp3) is 0.333. The standard InChI is InChI=1S/C18H22FNO/c1-12(2)14-4-6-15(7-5-14)17(20)11-21-18-9-8-16(19)10-13(18)3/h4-10,12,17H,11,20H2,1-3H3. The van der Waals surface area contributed by atoms with Crippen molar-refractivity contribution in [2.45, 2.75) is 32.7 Å². The summed E-state index contributed by atoms with van der Waals surface area (Å²) in [5, 5.41) is 0. The molecule has 0 aliphatic heterocycles. The first-order valence-electron chi connectivity index (χ1n) is 7.21. The molecule has 0 heterocycles. The first-order valence-corrected chi connectivity index (χ1v) is 7.21. The molecule has 0 fully saturated rings. The Morgan fingerprint density at radius 1 is 1.05 bits per heavy atom. The minimum absolute atomic E-state index is 0.198. The van der Waals surface area contributed by atoms with Crippen molar-refractivity contribution < 1.29 is 9.13 Å². The van der Waals surface area contributed by atoms with E-state index in [1.807, 2.05) is 19.1 Å². The van der Waals surface area contributed by atoms with Crippen molar-refractivity contribution in [2.24, 2.45) is 5.73 Å². The van der Waals surface area contributed by atoms with Gasteiger partial charge in [0.2, 0.25) is 0 Å². The number of hydrogen-bond acceptors (Lipinski definition) is 2. The molecule has 0 saturated carbocycles. The maximum Gasteiger partial charge on any atom is 0.123 e. The van der Waals surface area contributed by atoms with Gasteiger partial charge in [-0.05, 0) is 47.7 Å². The Labute approximate surface area is 125 Å². The van der Waals surface area contributed by atoms with Gasteiger partial charge in [-0.2, -0.15) is 0 Å². The van der Waals surface area contributed by atoms with Gasteiger partial charge in [-0.25, -0.2) is 4.39 Å². The zero-order valence-electron chi connectivity index (χ0n) is 12.8. The summed E-state index contributed by atoms with van der Waals surface area (Å²) in [5.74, 6) is 0.924. The molecular formula is C18H22FNO. The second-order valence-electron chi connectivity index (χ2n) is 5.65. The molecule has 2 nitrogen and oxygen atoms in total. The summed E-state index contributed by atoms with van der Waals surface area (Å²) in [7, 11) is 0. The molecule has 0 aliphatic rings. The van der Waals surface area contributed by atoms with Gasteiger partial charge in [0.1, 0.15) is 18.2 Å². The lowest BCUT2D eigenvalue weighted by Gasteiger charge is -2.16. The molecule has 0 aromatic heterocycles. The van der Waals surface area contributed by atoms with Crippen LogP contribution in [0.5, 0.6) is 5.75 Å². The monoisotopic (exact) mass is 287 g/mol. The van der Waals surface area contributed by atoms with E-state index < -0.39 is 0 Å². The molecule has 2 N–H and O–H groups in total. The average Bonchev–Trinajstić information content (AvgIpc) is 2.46. The molecule has 0 bridgehead atoms. The van der Waals surface area contributed by atoms with E-state index in [4.69, 9.17) is 10.5 Å². The number of nitrogens with two attached hydrogens (primary N) is 1. The lowest BCUT2D eigenvalue weighted by atomic mass is 9.99. The minimum atomic E-state index is -0.256. The zero-order chi connectivity index (χ0) is 15.4. The molecule has 1 atom stereocenters. The Balaban J connectivity index is 1.99. The van der Waals surface area contributed by atoms with Crippen LogP contribution < -0.4 is 10.5 Å². The normalized spacial score (nSPS) is 12.5. The molecule has 0 radical (unpaired) electrons. The Kier molecular flexibility index (Phi) is 4.97. The zero-order valence-corrected chi connectivity index (χ0v) is 12.8. The molecular weight excluding hydrogens is 265 g/mol. The van der Waals surface area contributed by atoms with E-state index in [1.165, 1.54) is 17.7 Å². The summed E-state index contributed by atoms with van der Waals surface area (Å²) in [6.45, 7) is 6.51. The van der Waals surface area contributed by atoms with Crippen molar-refractivity contribution in [1.29, 1.82) is 0 Å². The van der Waals surface area contributed by atoms with Gasteiger partial charge in [0.05, 0.1) is 6.04 Å². The Bertz CT molecular complexity index is 593. The van der Waals surface area contributed by atoms with E-state index in [-0.39, 0.29) is 11.9 Å². The van der Waals surface area contributed by atoms with Crippen molar-refractivity contribution in [3.63, 3.8) is 0 Å². The van der Waals surface area contributed by atoms with Gasteiger partial charge >= 0.3 is 0 Å². The molecule has 2 rings (SSSR count). The molecule has 21 heavy (non-hydrogen) atoms. The lowest BCUT2D eigenvalue weighted by Crippen LogP contribution is -2.19. The Morgan fingerprint density at radius 3 is 2.24 bits per heavy atom. The number of hydrogen-bond donors (Lipinski definition) is 1. The van der Waals surface area contributed by atoms with E-state index in [1.54, 1.807) is 6.07 Å². The lowest BCUT2D eigenvalue weighted by molar-refractivity contribution is 0.288. The van der Waals surface area contributed by atoms with Crippen LogP contribution in [-0.2, 0) is 0 Å². The smallest absolute Gasteiger partial charge is 0.123 e. The first-order chi connectivity index (χ1) is 9.97. The van der Waals surface area contributed by atoms with Crippen molar-refractivity contribution in [3.05, 3.63) is 65.0 Å². The predicted octanol–water partition coefficient (Wildman–Crippen LogP) is 4.34. The molecule has 0 aliphatic carbocycles. The van der Waals surface area contributed by atoms with Crippen molar-refractivity contribution >= 4 is 0 Å². The molecule has 2 aromatic carbocycles. The van der Waals surface area contributed by atoms with Gasteiger partial charge in [0.25, 0.3) is 0 Å². The largest absolute Gasteiger partial charge is 0.491 e. The summed E-state index contributed by atoms with van der Waals surface area (Å²) in [4.78, 5) is 0. The average molecular weight is 287 g/mol. The molecule has 2 aromatic rings. The van der Waals surface area contributed by atoms with Gasteiger partial charge < -0.3 is 10.5 Å². The molecule has 0 amide bonds. The number of aryl methyl sites for hydroxylation is 1. The maximum atomic E-state index is 13.0. The van der Waals surface area contributed by atoms with Crippen molar-refractivity contribution in [2.75, 3.05) is 6.61 Å². The van der Waals surface area contributed by atoms with Gasteiger partial charge in [-0.3, -0.25) is 0 Å². The van der Waals surface area contributed by atoms with Crippen LogP contribution in [0.4, 0.5) is 4.39 Å². The summed E-state index contributed by atoms with van der Waals surface area (Å²) in [6.07, 6.45) is 0. The number of halogens is 1. The van der Waals surface area contributed by atoms with Crippen molar-refractivity contribution in [1.82, 2.24) is 0 Å². The van der Waals surface area contributed by atoms with Gasteiger partial charge in [-0.1, -0.05) is 38.1 Å². The van der Waals surface area contributed by atoms with Crippen LogP contribution in [0.1, 0.15) is 42.5 Å². The maximum absolute atomic E-state index is 13.0. The van der Waals surface area contributed by atoms with Crippen molar-refractivity contribution in [3.8, 4) is 5.75 Å². The summed E-state index contributed by atoms with van der Waals surface area (Å²) >= 11 is 0. The predicted molar refractivity (Wildman–Crippen MR) is 84.1 cm³/mol. The van der Waals surface area contributed by atoms with Crippen LogP contribution in [0.25, 0.3) is 0 Å². The third-order valence-electron chi connectivity index (χ3n) is 3.59. The topological polar surface area (TPSA) is 35.2 Å². The fourth-order valence-corrected chi connectivity index (χ4v) is 2.18. The highest BCUT2D eigenvalue weighted by Crippen LogP contribution is 2.21.